The van der Waals surface area contributed by atoms with Crippen molar-refractivity contribution in [2.75, 3.05) is 13.2 Å². The van der Waals surface area contributed by atoms with Gasteiger partial charge in [0.05, 0.1) is 6.61 Å². The van der Waals surface area contributed by atoms with Crippen LogP contribution in [0.25, 0.3) is 0 Å². The zero-order valence-electron chi connectivity index (χ0n) is 8.71. The van der Waals surface area contributed by atoms with E-state index in [2.05, 4.69) is 34.1 Å². The van der Waals surface area contributed by atoms with Gasteiger partial charge in [0.1, 0.15) is 0 Å². The van der Waals surface area contributed by atoms with Gasteiger partial charge in [-0.05, 0) is 48.4 Å². The molecule has 0 bridgehead atoms. The summed E-state index contributed by atoms with van der Waals surface area (Å²) < 4.78 is 6.69. The largest absolute Gasteiger partial charge is 0.381 e. The number of ether oxygens (including phenoxy) is 1. The summed E-state index contributed by atoms with van der Waals surface area (Å²) in [6.45, 7) is 1.84. The van der Waals surface area contributed by atoms with Gasteiger partial charge in [0.25, 0.3) is 0 Å². The van der Waals surface area contributed by atoms with Crippen molar-refractivity contribution in [3.05, 3.63) is 33.8 Å². The smallest absolute Gasteiger partial charge is 0.0535 e. The molecule has 1 aliphatic heterocycles. The van der Waals surface area contributed by atoms with Crippen molar-refractivity contribution >= 4 is 15.9 Å². The number of hydrogen-bond acceptors (Lipinski definition) is 1. The molecule has 2 aliphatic rings. The fourth-order valence-corrected chi connectivity index (χ4v) is 2.82. The summed E-state index contributed by atoms with van der Waals surface area (Å²) in [5.41, 5.74) is 3.11. The number of rotatable bonds is 2. The molecule has 0 aromatic heterocycles. The van der Waals surface area contributed by atoms with Gasteiger partial charge in [-0.1, -0.05) is 22.0 Å². The molecule has 0 N–H and O–H groups in total. The van der Waals surface area contributed by atoms with Crippen LogP contribution in [0.4, 0.5) is 0 Å². The summed E-state index contributed by atoms with van der Waals surface area (Å²) in [5.74, 6) is 1.48. The van der Waals surface area contributed by atoms with Gasteiger partial charge >= 0.3 is 0 Å². The van der Waals surface area contributed by atoms with Crippen molar-refractivity contribution in [3.8, 4) is 0 Å². The van der Waals surface area contributed by atoms with Crippen molar-refractivity contribution < 1.29 is 4.74 Å². The molecular formula is C13H15BrO. The second kappa shape index (κ2) is 3.91. The third kappa shape index (κ3) is 1.98. The topological polar surface area (TPSA) is 9.23 Å². The summed E-state index contributed by atoms with van der Waals surface area (Å²) in [7, 11) is 0. The van der Waals surface area contributed by atoms with Crippen LogP contribution in [0.15, 0.2) is 22.7 Å². The molecule has 0 radical (unpaired) electrons. The van der Waals surface area contributed by atoms with Gasteiger partial charge in [-0.2, -0.15) is 0 Å². The molecular weight excluding hydrogens is 252 g/mol. The number of benzene rings is 1. The molecule has 0 spiro atoms. The van der Waals surface area contributed by atoms with Crippen LogP contribution in [0.3, 0.4) is 0 Å². The van der Waals surface area contributed by atoms with Crippen molar-refractivity contribution in [2.24, 2.45) is 0 Å². The van der Waals surface area contributed by atoms with E-state index in [1.165, 1.54) is 29.3 Å². The maximum absolute atomic E-state index is 5.49. The lowest BCUT2D eigenvalue weighted by molar-refractivity contribution is 0.194. The van der Waals surface area contributed by atoms with Gasteiger partial charge in [-0.15, -0.1) is 0 Å². The van der Waals surface area contributed by atoms with Gasteiger partial charge in [0, 0.05) is 17.0 Å². The highest BCUT2D eigenvalue weighted by Crippen LogP contribution is 2.45. The Morgan fingerprint density at radius 1 is 1.07 bits per heavy atom. The van der Waals surface area contributed by atoms with Gasteiger partial charge in [-0.25, -0.2) is 0 Å². The SMILES string of the molecule is Brc1ccc(C2CC2)c(C2CCOC2)c1. The second-order valence-electron chi connectivity index (χ2n) is 4.61. The summed E-state index contributed by atoms with van der Waals surface area (Å²) in [5, 5.41) is 0. The van der Waals surface area contributed by atoms with Crippen LogP contribution in [0, 0.1) is 0 Å². The van der Waals surface area contributed by atoms with Crippen LogP contribution in [0.2, 0.25) is 0 Å². The Labute approximate surface area is 99.0 Å². The molecule has 80 valence electrons. The molecule has 1 aromatic carbocycles. The molecule has 1 aliphatic carbocycles. The maximum atomic E-state index is 5.49. The molecule has 1 atom stereocenters. The van der Waals surface area contributed by atoms with E-state index in [0.29, 0.717) is 5.92 Å². The number of hydrogen-bond donors (Lipinski definition) is 0. The predicted molar refractivity (Wildman–Crippen MR) is 64.3 cm³/mol. The van der Waals surface area contributed by atoms with Crippen LogP contribution in [0.5, 0.6) is 0 Å². The Hall–Kier alpha value is -0.340. The molecule has 0 amide bonds. The van der Waals surface area contributed by atoms with E-state index in [9.17, 15) is 0 Å². The van der Waals surface area contributed by atoms with E-state index >= 15 is 0 Å². The summed E-state index contributed by atoms with van der Waals surface area (Å²) in [6, 6.07) is 6.77. The maximum Gasteiger partial charge on any atom is 0.0535 e. The number of halogens is 1. The first-order chi connectivity index (χ1) is 7.34. The standard InChI is InChI=1S/C13H15BrO/c14-11-3-4-12(9-1-2-9)13(7-11)10-5-6-15-8-10/h3-4,7,9-10H,1-2,5-6,8H2. The van der Waals surface area contributed by atoms with Crippen molar-refractivity contribution in [1.82, 2.24) is 0 Å². The Morgan fingerprint density at radius 3 is 2.60 bits per heavy atom. The molecule has 1 aromatic rings. The molecule has 15 heavy (non-hydrogen) atoms. The van der Waals surface area contributed by atoms with Gasteiger partial charge in [-0.3, -0.25) is 0 Å². The van der Waals surface area contributed by atoms with Crippen molar-refractivity contribution in [2.45, 2.75) is 31.1 Å². The molecule has 3 rings (SSSR count). The van der Waals surface area contributed by atoms with Gasteiger partial charge in [0.15, 0.2) is 0 Å². The van der Waals surface area contributed by atoms with Crippen molar-refractivity contribution in [1.29, 1.82) is 0 Å². The summed E-state index contributed by atoms with van der Waals surface area (Å²) in [4.78, 5) is 0. The van der Waals surface area contributed by atoms with E-state index in [1.54, 1.807) is 5.56 Å². The van der Waals surface area contributed by atoms with Crippen LogP contribution in [-0.4, -0.2) is 13.2 Å². The van der Waals surface area contributed by atoms with E-state index in [-0.39, 0.29) is 0 Å². The zero-order chi connectivity index (χ0) is 10.3. The van der Waals surface area contributed by atoms with Crippen LogP contribution in [-0.2, 0) is 4.74 Å². The minimum Gasteiger partial charge on any atom is -0.381 e. The Morgan fingerprint density at radius 2 is 1.93 bits per heavy atom. The Balaban J connectivity index is 1.98. The molecule has 2 fully saturated rings. The van der Waals surface area contributed by atoms with Crippen LogP contribution < -0.4 is 0 Å². The highest BCUT2D eigenvalue weighted by atomic mass is 79.9. The molecule has 1 unspecified atom stereocenters. The lowest BCUT2D eigenvalue weighted by Gasteiger charge is -2.14. The highest BCUT2D eigenvalue weighted by Gasteiger charge is 2.29. The van der Waals surface area contributed by atoms with E-state index in [0.717, 1.165) is 19.1 Å². The first-order valence-electron chi connectivity index (χ1n) is 5.71. The third-order valence-electron chi connectivity index (χ3n) is 3.44. The van der Waals surface area contributed by atoms with Gasteiger partial charge < -0.3 is 4.74 Å². The fourth-order valence-electron chi connectivity index (χ4n) is 2.45. The normalized spacial score (nSPS) is 25.8. The summed E-state index contributed by atoms with van der Waals surface area (Å²) >= 11 is 3.57. The molecule has 2 heteroatoms. The summed E-state index contributed by atoms with van der Waals surface area (Å²) in [6.07, 6.45) is 3.95. The van der Waals surface area contributed by atoms with Gasteiger partial charge in [0.2, 0.25) is 0 Å². The average molecular weight is 267 g/mol. The highest BCUT2D eigenvalue weighted by molar-refractivity contribution is 9.10. The third-order valence-corrected chi connectivity index (χ3v) is 3.93. The molecule has 1 nitrogen and oxygen atoms in total. The predicted octanol–water partition coefficient (Wildman–Crippen LogP) is 3.83. The van der Waals surface area contributed by atoms with Crippen LogP contribution in [0.1, 0.15) is 42.2 Å². The van der Waals surface area contributed by atoms with E-state index in [1.807, 2.05) is 0 Å². The minimum absolute atomic E-state index is 0.637. The van der Waals surface area contributed by atoms with E-state index in [4.69, 9.17) is 4.74 Å². The Bertz CT molecular complexity index is 365. The molecule has 1 heterocycles. The lowest BCUT2D eigenvalue weighted by Crippen LogP contribution is -2.01. The first-order valence-corrected chi connectivity index (χ1v) is 6.51. The molecule has 1 saturated heterocycles. The first kappa shape index (κ1) is 9.86. The fraction of sp³-hybridized carbons (Fsp3) is 0.538. The molecule has 1 saturated carbocycles. The van der Waals surface area contributed by atoms with Crippen LogP contribution >= 0.6 is 15.9 Å². The lowest BCUT2D eigenvalue weighted by atomic mass is 9.91. The average Bonchev–Trinajstić information content (AvgIpc) is 2.94. The van der Waals surface area contributed by atoms with E-state index < -0.39 is 0 Å². The second-order valence-corrected chi connectivity index (χ2v) is 5.52. The van der Waals surface area contributed by atoms with Crippen molar-refractivity contribution in [3.63, 3.8) is 0 Å². The Kier molecular flexibility index (Phi) is 2.57. The zero-order valence-corrected chi connectivity index (χ0v) is 10.3. The monoisotopic (exact) mass is 266 g/mol. The quantitative estimate of drug-likeness (QED) is 0.791. The minimum atomic E-state index is 0.637.